The van der Waals surface area contributed by atoms with Gasteiger partial charge in [0.2, 0.25) is 0 Å². The van der Waals surface area contributed by atoms with Crippen molar-refractivity contribution in [2.75, 3.05) is 19.8 Å². The summed E-state index contributed by atoms with van der Waals surface area (Å²) < 4.78 is 5.01. The van der Waals surface area contributed by atoms with Crippen LogP contribution in [0, 0.1) is 0 Å². The molecular weight excluding hydrogens is 122 g/mol. The fraction of sp³-hybridized carbons (Fsp3) is 0.800. The van der Waals surface area contributed by atoms with Crippen molar-refractivity contribution < 1.29 is 4.74 Å². The van der Waals surface area contributed by atoms with Gasteiger partial charge in [-0.25, -0.2) is 0 Å². The molecule has 48 valence electrons. The lowest BCUT2D eigenvalue weighted by molar-refractivity contribution is 0.153. The molecule has 0 unspecified atom stereocenters. The maximum absolute atomic E-state index is 5.01. The van der Waals surface area contributed by atoms with E-state index in [1.165, 1.54) is 5.49 Å². The van der Waals surface area contributed by atoms with E-state index in [-0.39, 0.29) is 0 Å². The van der Waals surface area contributed by atoms with Crippen LogP contribution in [0.4, 0.5) is 0 Å². The molecular formula is C5H11NOS. The Hall–Kier alpha value is -0.150. The third-order valence-corrected chi connectivity index (χ3v) is 0.845. The van der Waals surface area contributed by atoms with Crippen LogP contribution in [-0.4, -0.2) is 25.2 Å². The average Bonchev–Trinajstić information content (AvgIpc) is 1.81. The molecule has 0 radical (unpaired) electrons. The maximum atomic E-state index is 5.01. The Morgan fingerprint density at radius 2 is 2.50 bits per heavy atom. The number of nitrogens with one attached hydrogen (secondary N) is 1. The van der Waals surface area contributed by atoms with Gasteiger partial charge in [0.15, 0.2) is 0 Å². The highest BCUT2D eigenvalue weighted by atomic mass is 32.1. The Bertz CT molecular complexity index is 58.4. The van der Waals surface area contributed by atoms with E-state index in [9.17, 15) is 0 Å². The molecule has 2 nitrogen and oxygen atoms in total. The van der Waals surface area contributed by atoms with Gasteiger partial charge in [-0.1, -0.05) is 12.2 Å². The summed E-state index contributed by atoms with van der Waals surface area (Å²) in [5.41, 5.74) is 1.50. The van der Waals surface area contributed by atoms with Crippen LogP contribution >= 0.6 is 12.2 Å². The monoisotopic (exact) mass is 133 g/mol. The number of ether oxygens (including phenoxy) is 1. The molecule has 0 fully saturated rings. The highest BCUT2D eigenvalue weighted by Gasteiger charge is 1.78. The first kappa shape index (κ1) is 7.85. The molecule has 0 saturated heterocycles. The van der Waals surface area contributed by atoms with Gasteiger partial charge >= 0.3 is 0 Å². The Morgan fingerprint density at radius 1 is 1.75 bits per heavy atom. The molecule has 0 aromatic heterocycles. The first-order valence-electron chi connectivity index (χ1n) is 2.66. The van der Waals surface area contributed by atoms with Gasteiger partial charge in [-0.2, -0.15) is 0 Å². The van der Waals surface area contributed by atoms with Crippen LogP contribution in [0.1, 0.15) is 6.92 Å². The summed E-state index contributed by atoms with van der Waals surface area (Å²) in [5, 5.41) is 2.85. The number of thiocarbonyl (C=S) groups is 1. The SMILES string of the molecule is CCOCCNC=S. The van der Waals surface area contributed by atoms with Gasteiger partial charge < -0.3 is 10.1 Å². The lowest BCUT2D eigenvalue weighted by Gasteiger charge is -1.97. The third-order valence-electron chi connectivity index (χ3n) is 0.678. The van der Waals surface area contributed by atoms with Crippen molar-refractivity contribution >= 4 is 17.7 Å². The van der Waals surface area contributed by atoms with E-state index < -0.39 is 0 Å². The highest BCUT2D eigenvalue weighted by molar-refractivity contribution is 7.78. The van der Waals surface area contributed by atoms with Crippen molar-refractivity contribution in [2.24, 2.45) is 0 Å². The minimum Gasteiger partial charge on any atom is -0.380 e. The van der Waals surface area contributed by atoms with E-state index in [0.29, 0.717) is 0 Å². The summed E-state index contributed by atoms with van der Waals surface area (Å²) in [5.74, 6) is 0. The second-order valence-electron chi connectivity index (χ2n) is 1.27. The first-order chi connectivity index (χ1) is 3.91. The molecule has 0 rings (SSSR count). The zero-order valence-corrected chi connectivity index (χ0v) is 5.83. The maximum Gasteiger partial charge on any atom is 0.0638 e. The molecule has 0 spiro atoms. The Balaban J connectivity index is 2.62. The average molecular weight is 133 g/mol. The number of hydrogen-bond acceptors (Lipinski definition) is 2. The van der Waals surface area contributed by atoms with Crippen molar-refractivity contribution in [3.63, 3.8) is 0 Å². The lowest BCUT2D eigenvalue weighted by atomic mass is 10.7. The van der Waals surface area contributed by atoms with Crippen molar-refractivity contribution in [1.29, 1.82) is 0 Å². The molecule has 3 heteroatoms. The van der Waals surface area contributed by atoms with Crippen LogP contribution < -0.4 is 5.32 Å². The molecule has 0 aliphatic heterocycles. The summed E-state index contributed by atoms with van der Waals surface area (Å²) in [7, 11) is 0. The Kier molecular flexibility index (Phi) is 6.72. The van der Waals surface area contributed by atoms with Crippen LogP contribution in [-0.2, 0) is 4.74 Å². The fourth-order valence-corrected chi connectivity index (χ4v) is 0.452. The minimum atomic E-state index is 0.740. The molecule has 0 amide bonds. The second-order valence-corrected chi connectivity index (χ2v) is 1.50. The molecule has 0 bridgehead atoms. The third kappa shape index (κ3) is 5.85. The zero-order valence-electron chi connectivity index (χ0n) is 5.02. The molecule has 1 N–H and O–H groups in total. The summed E-state index contributed by atoms with van der Waals surface area (Å²) in [6.07, 6.45) is 0. The van der Waals surface area contributed by atoms with Crippen molar-refractivity contribution in [2.45, 2.75) is 6.92 Å². The topological polar surface area (TPSA) is 21.3 Å². The predicted octanol–water partition coefficient (Wildman–Crippen LogP) is 0.570. The number of hydrogen-bond donors (Lipinski definition) is 1. The van der Waals surface area contributed by atoms with E-state index in [1.54, 1.807) is 0 Å². The van der Waals surface area contributed by atoms with Gasteiger partial charge in [-0.15, -0.1) is 0 Å². The van der Waals surface area contributed by atoms with Crippen molar-refractivity contribution in [3.8, 4) is 0 Å². The standard InChI is InChI=1S/C5H11NOS/c1-2-7-4-3-6-5-8/h5H,2-4H2,1H3,(H,6,8). The van der Waals surface area contributed by atoms with Gasteiger partial charge in [0.05, 0.1) is 12.1 Å². The number of rotatable bonds is 5. The lowest BCUT2D eigenvalue weighted by Crippen LogP contribution is -2.16. The molecule has 0 saturated carbocycles. The Labute approximate surface area is 55.2 Å². The van der Waals surface area contributed by atoms with E-state index >= 15 is 0 Å². The second kappa shape index (κ2) is 6.85. The molecule has 0 atom stereocenters. The minimum absolute atomic E-state index is 0.740. The quantitative estimate of drug-likeness (QED) is 0.437. The molecule has 0 heterocycles. The van der Waals surface area contributed by atoms with Gasteiger partial charge in [0.1, 0.15) is 0 Å². The van der Waals surface area contributed by atoms with E-state index in [2.05, 4.69) is 17.5 Å². The molecule has 0 aromatic carbocycles. The van der Waals surface area contributed by atoms with Crippen molar-refractivity contribution in [1.82, 2.24) is 5.32 Å². The first-order valence-corrected chi connectivity index (χ1v) is 3.13. The summed E-state index contributed by atoms with van der Waals surface area (Å²) >= 11 is 4.51. The molecule has 0 aliphatic carbocycles. The van der Waals surface area contributed by atoms with Crippen LogP contribution in [0.25, 0.3) is 0 Å². The van der Waals surface area contributed by atoms with Gasteiger partial charge in [-0.05, 0) is 6.92 Å². The van der Waals surface area contributed by atoms with Crippen LogP contribution in [0.3, 0.4) is 0 Å². The van der Waals surface area contributed by atoms with Crippen LogP contribution in [0.5, 0.6) is 0 Å². The van der Waals surface area contributed by atoms with Gasteiger partial charge in [0, 0.05) is 13.2 Å². The summed E-state index contributed by atoms with van der Waals surface area (Å²) in [4.78, 5) is 0. The molecule has 0 aromatic rings. The zero-order chi connectivity index (χ0) is 6.24. The Morgan fingerprint density at radius 3 is 3.00 bits per heavy atom. The van der Waals surface area contributed by atoms with Gasteiger partial charge in [0.25, 0.3) is 0 Å². The summed E-state index contributed by atoms with van der Waals surface area (Å²) in [6, 6.07) is 0. The highest BCUT2D eigenvalue weighted by Crippen LogP contribution is 1.67. The van der Waals surface area contributed by atoms with E-state index in [1.807, 2.05) is 6.92 Å². The normalized spacial score (nSPS) is 8.62. The van der Waals surface area contributed by atoms with Crippen LogP contribution in [0.15, 0.2) is 0 Å². The smallest absolute Gasteiger partial charge is 0.0638 e. The van der Waals surface area contributed by atoms with Gasteiger partial charge in [-0.3, -0.25) is 0 Å². The fourth-order valence-electron chi connectivity index (χ4n) is 0.334. The van der Waals surface area contributed by atoms with Crippen molar-refractivity contribution in [3.05, 3.63) is 0 Å². The van der Waals surface area contributed by atoms with E-state index in [4.69, 9.17) is 4.74 Å². The largest absolute Gasteiger partial charge is 0.380 e. The van der Waals surface area contributed by atoms with E-state index in [0.717, 1.165) is 19.8 Å². The van der Waals surface area contributed by atoms with Crippen LogP contribution in [0.2, 0.25) is 0 Å². The summed E-state index contributed by atoms with van der Waals surface area (Å²) in [6.45, 7) is 4.30. The molecule has 0 aliphatic rings. The molecule has 8 heavy (non-hydrogen) atoms. The predicted molar refractivity (Wildman–Crippen MR) is 38.2 cm³/mol.